The monoisotopic (exact) mass is 415 g/mol. The van der Waals surface area contributed by atoms with Gasteiger partial charge in [0.1, 0.15) is 5.82 Å². The van der Waals surface area contributed by atoms with Crippen molar-refractivity contribution >= 4 is 58.0 Å². The van der Waals surface area contributed by atoms with Crippen LogP contribution in [0.25, 0.3) is 11.0 Å². The van der Waals surface area contributed by atoms with Crippen LogP contribution < -0.4 is 5.32 Å². The molecule has 136 valence electrons. The molecular formula is C19H15Cl2N5S. The first kappa shape index (κ1) is 18.0. The van der Waals surface area contributed by atoms with E-state index in [-0.39, 0.29) is 5.38 Å². The summed E-state index contributed by atoms with van der Waals surface area (Å²) in [6.45, 7) is 0.484. The third-order valence-electron chi connectivity index (χ3n) is 4.11. The van der Waals surface area contributed by atoms with Gasteiger partial charge in [0.05, 0.1) is 23.5 Å². The minimum atomic E-state index is -0.224. The number of rotatable bonds is 5. The smallest absolute Gasteiger partial charge is 0.200 e. The Labute approximate surface area is 171 Å². The molecule has 0 spiro atoms. The van der Waals surface area contributed by atoms with E-state index < -0.39 is 0 Å². The molecular weight excluding hydrogens is 401 g/mol. The molecule has 0 aliphatic carbocycles. The number of fused-ring (bicyclic) bond motifs is 1. The molecule has 4 rings (SSSR count). The van der Waals surface area contributed by atoms with Crippen LogP contribution in [-0.4, -0.2) is 19.7 Å². The number of benzene rings is 2. The molecule has 0 aliphatic rings. The van der Waals surface area contributed by atoms with Crippen LogP contribution in [-0.2, 0) is 6.54 Å². The summed E-state index contributed by atoms with van der Waals surface area (Å²) < 4.78 is 2.13. The minimum absolute atomic E-state index is 0.224. The number of nitrogens with zero attached hydrogens (tertiary/aromatic N) is 3. The van der Waals surface area contributed by atoms with Crippen LogP contribution in [0.3, 0.4) is 0 Å². The summed E-state index contributed by atoms with van der Waals surface area (Å²) in [6.07, 6.45) is 1.75. The Morgan fingerprint density at radius 3 is 2.74 bits per heavy atom. The fourth-order valence-corrected chi connectivity index (χ4v) is 3.49. The van der Waals surface area contributed by atoms with Crippen molar-refractivity contribution in [3.05, 3.63) is 76.2 Å². The highest BCUT2D eigenvalue weighted by molar-refractivity contribution is 7.71. The van der Waals surface area contributed by atoms with Crippen molar-refractivity contribution < 1.29 is 0 Å². The van der Waals surface area contributed by atoms with Crippen molar-refractivity contribution in [2.75, 3.05) is 5.32 Å². The molecule has 1 unspecified atom stereocenters. The number of aromatic nitrogens is 4. The lowest BCUT2D eigenvalue weighted by molar-refractivity contribution is 0.615. The number of hydrogen-bond acceptors (Lipinski definition) is 4. The highest BCUT2D eigenvalue weighted by atomic mass is 35.5. The van der Waals surface area contributed by atoms with Crippen LogP contribution in [0, 0.1) is 4.77 Å². The molecule has 0 radical (unpaired) electrons. The van der Waals surface area contributed by atoms with Crippen LogP contribution in [0.1, 0.15) is 10.9 Å². The maximum absolute atomic E-state index is 6.57. The number of H-pyrrole nitrogens is 1. The average Bonchev–Trinajstić information content (AvgIpc) is 3.05. The molecule has 2 aromatic carbocycles. The Bertz CT molecular complexity index is 1140. The van der Waals surface area contributed by atoms with Gasteiger partial charge in [0.25, 0.3) is 0 Å². The number of anilines is 2. The summed E-state index contributed by atoms with van der Waals surface area (Å²) in [5.74, 6) is 0.712. The summed E-state index contributed by atoms with van der Waals surface area (Å²) in [4.78, 5) is 7.52. The van der Waals surface area contributed by atoms with E-state index in [4.69, 9.17) is 35.4 Å². The Morgan fingerprint density at radius 2 is 1.96 bits per heavy atom. The van der Waals surface area contributed by atoms with Crippen molar-refractivity contribution in [3.8, 4) is 0 Å². The molecule has 0 aliphatic heterocycles. The van der Waals surface area contributed by atoms with E-state index >= 15 is 0 Å². The maximum atomic E-state index is 6.57. The van der Waals surface area contributed by atoms with Gasteiger partial charge in [-0.1, -0.05) is 48.0 Å². The summed E-state index contributed by atoms with van der Waals surface area (Å²) in [7, 11) is 0. The molecule has 2 N–H and O–H groups in total. The zero-order valence-corrected chi connectivity index (χ0v) is 16.4. The third kappa shape index (κ3) is 3.98. The lowest BCUT2D eigenvalue weighted by atomic mass is 10.1. The van der Waals surface area contributed by atoms with Gasteiger partial charge < -0.3 is 10.3 Å². The summed E-state index contributed by atoms with van der Waals surface area (Å²) >= 11 is 17.9. The van der Waals surface area contributed by atoms with Gasteiger partial charge in [-0.15, -0.1) is 11.6 Å². The van der Waals surface area contributed by atoms with Gasteiger partial charge in [-0.05, 0) is 36.0 Å². The molecule has 27 heavy (non-hydrogen) atoms. The normalized spacial score (nSPS) is 12.2. The maximum Gasteiger partial charge on any atom is 0.200 e. The first-order valence-electron chi connectivity index (χ1n) is 8.27. The largest absolute Gasteiger partial charge is 0.341 e. The van der Waals surface area contributed by atoms with Crippen molar-refractivity contribution in [1.29, 1.82) is 0 Å². The zero-order valence-electron chi connectivity index (χ0n) is 14.1. The highest BCUT2D eigenvalue weighted by Crippen LogP contribution is 2.27. The third-order valence-corrected chi connectivity index (χ3v) is 4.93. The molecule has 1 atom stereocenters. The van der Waals surface area contributed by atoms with Crippen LogP contribution in [0.4, 0.5) is 11.5 Å². The van der Waals surface area contributed by atoms with E-state index in [0.29, 0.717) is 27.8 Å². The van der Waals surface area contributed by atoms with E-state index in [1.165, 1.54) is 0 Å². The van der Waals surface area contributed by atoms with Gasteiger partial charge >= 0.3 is 0 Å². The van der Waals surface area contributed by atoms with Gasteiger partial charge in [0.2, 0.25) is 0 Å². The number of hydrogen-bond donors (Lipinski definition) is 2. The van der Waals surface area contributed by atoms with Crippen molar-refractivity contribution in [3.63, 3.8) is 0 Å². The molecule has 0 saturated carbocycles. The Hall–Kier alpha value is -2.41. The second-order valence-corrected chi connectivity index (χ2v) is 7.34. The zero-order chi connectivity index (χ0) is 18.8. The average molecular weight is 416 g/mol. The van der Waals surface area contributed by atoms with Crippen molar-refractivity contribution in [2.24, 2.45) is 0 Å². The number of alkyl halides is 1. The van der Waals surface area contributed by atoms with E-state index in [0.717, 1.165) is 16.6 Å². The van der Waals surface area contributed by atoms with Crippen molar-refractivity contribution in [2.45, 2.75) is 11.9 Å². The summed E-state index contributed by atoms with van der Waals surface area (Å²) in [5.41, 5.74) is 2.54. The SMILES string of the molecule is S=c1nc2c(cnn2CC(Cl)c2ccccc2)c(Nc2cccc(Cl)c2)[nH]1. The first-order chi connectivity index (χ1) is 13.1. The van der Waals surface area contributed by atoms with E-state index in [1.54, 1.807) is 10.9 Å². The lowest BCUT2D eigenvalue weighted by Crippen LogP contribution is -2.07. The topological polar surface area (TPSA) is 58.5 Å². The van der Waals surface area contributed by atoms with Crippen molar-refractivity contribution in [1.82, 2.24) is 19.7 Å². The molecule has 5 nitrogen and oxygen atoms in total. The number of nitrogens with one attached hydrogen (secondary N) is 2. The molecule has 2 aromatic heterocycles. The predicted molar refractivity (Wildman–Crippen MR) is 112 cm³/mol. The van der Waals surface area contributed by atoms with E-state index in [9.17, 15) is 0 Å². The van der Waals surface area contributed by atoms with Gasteiger partial charge in [-0.2, -0.15) is 5.10 Å². The fraction of sp³-hybridized carbons (Fsp3) is 0.105. The standard InChI is InChI=1S/C19H15Cl2N5S/c20-13-7-4-8-14(9-13)23-17-15-10-22-26(18(15)25-19(27)24-17)11-16(21)12-5-2-1-3-6-12/h1-10,16H,11H2,(H2,23,24,25,27). The van der Waals surface area contributed by atoms with Crippen LogP contribution in [0.5, 0.6) is 0 Å². The molecule has 0 saturated heterocycles. The summed E-state index contributed by atoms with van der Waals surface area (Å²) in [6, 6.07) is 17.3. The highest BCUT2D eigenvalue weighted by Gasteiger charge is 2.14. The molecule has 0 amide bonds. The van der Waals surface area contributed by atoms with Gasteiger partial charge in [-0.25, -0.2) is 9.67 Å². The Balaban J connectivity index is 1.69. The number of aromatic amines is 1. The van der Waals surface area contributed by atoms with Gasteiger partial charge in [0.15, 0.2) is 10.4 Å². The number of halogens is 2. The molecule has 4 aromatic rings. The lowest BCUT2D eigenvalue weighted by Gasteiger charge is -2.11. The van der Waals surface area contributed by atoms with Crippen LogP contribution >= 0.6 is 35.4 Å². The summed E-state index contributed by atoms with van der Waals surface area (Å²) in [5, 5.41) is 8.99. The fourth-order valence-electron chi connectivity index (χ4n) is 2.83. The second-order valence-electron chi connectivity index (χ2n) is 5.99. The van der Waals surface area contributed by atoms with E-state index in [2.05, 4.69) is 20.4 Å². The minimum Gasteiger partial charge on any atom is -0.341 e. The Morgan fingerprint density at radius 1 is 1.15 bits per heavy atom. The molecule has 0 bridgehead atoms. The molecule has 2 heterocycles. The van der Waals surface area contributed by atoms with Crippen LogP contribution in [0.2, 0.25) is 5.02 Å². The van der Waals surface area contributed by atoms with Gasteiger partial charge in [0, 0.05) is 10.7 Å². The van der Waals surface area contributed by atoms with Crippen LogP contribution in [0.15, 0.2) is 60.8 Å². The first-order valence-corrected chi connectivity index (χ1v) is 9.50. The van der Waals surface area contributed by atoms with Gasteiger partial charge in [-0.3, -0.25) is 0 Å². The second kappa shape index (κ2) is 7.68. The molecule has 0 fully saturated rings. The Kier molecular flexibility index (Phi) is 5.11. The molecule has 8 heteroatoms. The van der Waals surface area contributed by atoms with E-state index in [1.807, 2.05) is 54.6 Å². The predicted octanol–water partition coefficient (Wildman–Crippen LogP) is 5.87. The quantitative estimate of drug-likeness (QED) is 0.316.